The van der Waals surface area contributed by atoms with E-state index in [4.69, 9.17) is 0 Å². The molecule has 2 atom stereocenters. The van der Waals surface area contributed by atoms with Crippen molar-refractivity contribution in [3.05, 3.63) is 24.0 Å². The van der Waals surface area contributed by atoms with Crippen LogP contribution in [-0.2, 0) is 4.79 Å². The molecule has 0 bridgehead atoms. The number of carbonyl (C=O) groups excluding carboxylic acids is 2. The van der Waals surface area contributed by atoms with E-state index < -0.39 is 12.1 Å². The average Bonchev–Trinajstić information content (AvgIpc) is 2.88. The highest BCUT2D eigenvalue weighted by atomic mass is 16.3. The minimum atomic E-state index is -0.707. The molecule has 92 valence electrons. The molecule has 3 N–H and O–H groups in total. The summed E-state index contributed by atoms with van der Waals surface area (Å²) in [5.41, 5.74) is 0.512. The fourth-order valence-electron chi connectivity index (χ4n) is 1.90. The van der Waals surface area contributed by atoms with Crippen LogP contribution in [0.15, 0.2) is 18.5 Å². The number of aromatic amines is 1. The van der Waals surface area contributed by atoms with Gasteiger partial charge >= 0.3 is 0 Å². The molecule has 2 rings (SSSR count). The molecule has 2 unspecified atom stereocenters. The SMILES string of the molecule is CC(=O)N1CC(O)C(NC(=O)c2cc[nH]c2)C1. The zero-order valence-electron chi connectivity index (χ0n) is 9.51. The summed E-state index contributed by atoms with van der Waals surface area (Å²) in [5.74, 6) is -0.344. The van der Waals surface area contributed by atoms with Crippen molar-refractivity contribution in [2.75, 3.05) is 13.1 Å². The number of nitrogens with zero attached hydrogens (tertiary/aromatic N) is 1. The highest BCUT2D eigenvalue weighted by Crippen LogP contribution is 2.11. The summed E-state index contributed by atoms with van der Waals surface area (Å²) in [6.07, 6.45) is 2.53. The van der Waals surface area contributed by atoms with Gasteiger partial charge in [0.25, 0.3) is 5.91 Å². The Morgan fingerprint density at radius 1 is 1.53 bits per heavy atom. The summed E-state index contributed by atoms with van der Waals surface area (Å²) < 4.78 is 0. The monoisotopic (exact) mass is 237 g/mol. The molecule has 2 amide bonds. The van der Waals surface area contributed by atoms with E-state index in [1.54, 1.807) is 18.5 Å². The molecule has 0 aromatic carbocycles. The second-order valence-electron chi connectivity index (χ2n) is 4.17. The molecule has 17 heavy (non-hydrogen) atoms. The van der Waals surface area contributed by atoms with Crippen LogP contribution in [0.3, 0.4) is 0 Å². The molecule has 1 aromatic heterocycles. The molecule has 1 saturated heterocycles. The van der Waals surface area contributed by atoms with Crippen LogP contribution in [0.2, 0.25) is 0 Å². The number of β-amino-alcohol motifs (C(OH)–C–C–N with tert-alkyl or cyclic N) is 1. The molecule has 0 spiro atoms. The lowest BCUT2D eigenvalue weighted by molar-refractivity contribution is -0.128. The molecular weight excluding hydrogens is 222 g/mol. The maximum atomic E-state index is 11.7. The number of amides is 2. The van der Waals surface area contributed by atoms with Crippen LogP contribution >= 0.6 is 0 Å². The first kappa shape index (κ1) is 11.7. The van der Waals surface area contributed by atoms with Crippen molar-refractivity contribution >= 4 is 11.8 Å². The van der Waals surface area contributed by atoms with Crippen molar-refractivity contribution < 1.29 is 14.7 Å². The van der Waals surface area contributed by atoms with E-state index in [-0.39, 0.29) is 18.4 Å². The predicted molar refractivity (Wildman–Crippen MR) is 60.3 cm³/mol. The third kappa shape index (κ3) is 2.47. The lowest BCUT2D eigenvalue weighted by atomic mass is 10.2. The van der Waals surface area contributed by atoms with Gasteiger partial charge in [0, 0.05) is 32.4 Å². The molecule has 1 aliphatic heterocycles. The van der Waals surface area contributed by atoms with E-state index in [1.807, 2.05) is 0 Å². The van der Waals surface area contributed by atoms with Gasteiger partial charge in [-0.2, -0.15) is 0 Å². The Morgan fingerprint density at radius 2 is 2.29 bits per heavy atom. The van der Waals surface area contributed by atoms with Gasteiger partial charge in [-0.15, -0.1) is 0 Å². The molecule has 1 aromatic rings. The Bertz CT molecular complexity index is 416. The molecule has 0 saturated carbocycles. The molecule has 1 aliphatic rings. The van der Waals surface area contributed by atoms with Gasteiger partial charge in [-0.3, -0.25) is 9.59 Å². The van der Waals surface area contributed by atoms with Gasteiger partial charge in [-0.1, -0.05) is 0 Å². The summed E-state index contributed by atoms with van der Waals surface area (Å²) in [7, 11) is 0. The molecule has 6 nitrogen and oxygen atoms in total. The standard InChI is InChI=1S/C11H15N3O3/c1-7(15)14-5-9(10(16)6-14)13-11(17)8-2-3-12-4-8/h2-4,9-10,12,16H,5-6H2,1H3,(H,13,17). The highest BCUT2D eigenvalue weighted by Gasteiger charge is 2.33. The third-order valence-electron chi connectivity index (χ3n) is 2.91. The number of aliphatic hydroxyl groups is 1. The summed E-state index contributed by atoms with van der Waals surface area (Å²) in [5, 5.41) is 12.5. The van der Waals surface area contributed by atoms with Gasteiger partial charge in [0.15, 0.2) is 0 Å². The van der Waals surface area contributed by atoms with E-state index in [1.165, 1.54) is 11.8 Å². The van der Waals surface area contributed by atoms with Crippen molar-refractivity contribution in [1.82, 2.24) is 15.2 Å². The Labute approximate surface area is 98.6 Å². The number of hydrogen-bond acceptors (Lipinski definition) is 3. The Kier molecular flexibility index (Phi) is 3.14. The number of hydrogen-bond donors (Lipinski definition) is 3. The van der Waals surface area contributed by atoms with Crippen molar-refractivity contribution in [3.63, 3.8) is 0 Å². The Balaban J connectivity index is 1.96. The highest BCUT2D eigenvalue weighted by molar-refractivity contribution is 5.94. The number of aliphatic hydroxyl groups excluding tert-OH is 1. The first-order valence-corrected chi connectivity index (χ1v) is 5.45. The number of likely N-dealkylation sites (tertiary alicyclic amines) is 1. The largest absolute Gasteiger partial charge is 0.389 e. The second kappa shape index (κ2) is 4.58. The molecule has 0 radical (unpaired) electrons. The normalized spacial score (nSPS) is 23.8. The van der Waals surface area contributed by atoms with E-state index in [0.29, 0.717) is 12.1 Å². The van der Waals surface area contributed by atoms with Crippen LogP contribution in [0.4, 0.5) is 0 Å². The van der Waals surface area contributed by atoms with E-state index >= 15 is 0 Å². The van der Waals surface area contributed by atoms with Crippen LogP contribution in [0.25, 0.3) is 0 Å². The van der Waals surface area contributed by atoms with Crippen LogP contribution in [0.5, 0.6) is 0 Å². The Hall–Kier alpha value is -1.82. The molecular formula is C11H15N3O3. The third-order valence-corrected chi connectivity index (χ3v) is 2.91. The van der Waals surface area contributed by atoms with Crippen molar-refractivity contribution in [2.45, 2.75) is 19.1 Å². The molecule has 1 fully saturated rings. The minimum Gasteiger partial charge on any atom is -0.389 e. The second-order valence-corrected chi connectivity index (χ2v) is 4.17. The van der Waals surface area contributed by atoms with Gasteiger partial charge in [-0.05, 0) is 6.07 Å². The maximum Gasteiger partial charge on any atom is 0.253 e. The fourth-order valence-corrected chi connectivity index (χ4v) is 1.90. The first-order valence-electron chi connectivity index (χ1n) is 5.45. The number of carbonyl (C=O) groups is 2. The van der Waals surface area contributed by atoms with Crippen molar-refractivity contribution in [3.8, 4) is 0 Å². The average molecular weight is 237 g/mol. The number of aromatic nitrogens is 1. The van der Waals surface area contributed by atoms with Crippen molar-refractivity contribution in [2.24, 2.45) is 0 Å². The van der Waals surface area contributed by atoms with Gasteiger partial charge < -0.3 is 20.3 Å². The maximum absolute atomic E-state index is 11.7. The van der Waals surface area contributed by atoms with Gasteiger partial charge in [0.05, 0.1) is 17.7 Å². The predicted octanol–water partition coefficient (Wildman–Crippen LogP) is -0.664. The van der Waals surface area contributed by atoms with Crippen LogP contribution in [-0.4, -0.2) is 52.0 Å². The summed E-state index contributed by atoms with van der Waals surface area (Å²) in [4.78, 5) is 27.2. The van der Waals surface area contributed by atoms with Crippen LogP contribution < -0.4 is 5.32 Å². The summed E-state index contributed by atoms with van der Waals surface area (Å²) >= 11 is 0. The zero-order valence-corrected chi connectivity index (χ0v) is 9.51. The molecule has 6 heteroatoms. The zero-order chi connectivity index (χ0) is 12.4. The fraction of sp³-hybridized carbons (Fsp3) is 0.455. The molecule has 0 aliphatic carbocycles. The van der Waals surface area contributed by atoms with Crippen LogP contribution in [0.1, 0.15) is 17.3 Å². The quantitative estimate of drug-likeness (QED) is 0.638. The topological polar surface area (TPSA) is 85.4 Å². The smallest absolute Gasteiger partial charge is 0.253 e. The van der Waals surface area contributed by atoms with Gasteiger partial charge in [-0.25, -0.2) is 0 Å². The van der Waals surface area contributed by atoms with Gasteiger partial charge in [0.1, 0.15) is 0 Å². The Morgan fingerprint density at radius 3 is 2.82 bits per heavy atom. The van der Waals surface area contributed by atoms with E-state index in [2.05, 4.69) is 10.3 Å². The lowest BCUT2D eigenvalue weighted by Gasteiger charge is -2.15. The first-order chi connectivity index (χ1) is 8.08. The lowest BCUT2D eigenvalue weighted by Crippen LogP contribution is -2.42. The number of H-pyrrole nitrogens is 1. The summed E-state index contributed by atoms with van der Waals surface area (Å²) in [6, 6.07) is 1.25. The van der Waals surface area contributed by atoms with Gasteiger partial charge in [0.2, 0.25) is 5.91 Å². The van der Waals surface area contributed by atoms with E-state index in [0.717, 1.165) is 0 Å². The van der Waals surface area contributed by atoms with Crippen LogP contribution in [0, 0.1) is 0 Å². The number of nitrogens with one attached hydrogen (secondary N) is 2. The van der Waals surface area contributed by atoms with Crippen molar-refractivity contribution in [1.29, 1.82) is 0 Å². The number of rotatable bonds is 2. The summed E-state index contributed by atoms with van der Waals surface area (Å²) in [6.45, 7) is 2.07. The van der Waals surface area contributed by atoms with E-state index in [9.17, 15) is 14.7 Å². The molecule has 2 heterocycles. The minimum absolute atomic E-state index is 0.0950.